The van der Waals surface area contributed by atoms with E-state index in [9.17, 15) is 4.79 Å². The molecule has 0 radical (unpaired) electrons. The Kier molecular flexibility index (Phi) is 5.31. The molecule has 1 aromatic heterocycles. The first-order chi connectivity index (χ1) is 11.7. The molecule has 1 amide bonds. The highest BCUT2D eigenvalue weighted by atomic mass is 16.2. The van der Waals surface area contributed by atoms with E-state index >= 15 is 0 Å². The third-order valence-electron chi connectivity index (χ3n) is 4.98. The minimum absolute atomic E-state index is 0.00691. The van der Waals surface area contributed by atoms with Gasteiger partial charge in [0.2, 0.25) is 5.91 Å². The van der Waals surface area contributed by atoms with Crippen LogP contribution in [0.1, 0.15) is 36.9 Å². The fraction of sp³-hybridized carbons (Fsp3) is 0.611. The predicted octanol–water partition coefficient (Wildman–Crippen LogP) is 1.35. The molecule has 2 saturated heterocycles. The van der Waals surface area contributed by atoms with Crippen molar-refractivity contribution in [3.8, 4) is 6.07 Å². The van der Waals surface area contributed by atoms with Crippen LogP contribution in [0.5, 0.6) is 0 Å². The van der Waals surface area contributed by atoms with Gasteiger partial charge in [0.25, 0.3) is 0 Å². The average Bonchev–Trinajstić information content (AvgIpc) is 3.14. The van der Waals surface area contributed by atoms with E-state index in [-0.39, 0.29) is 11.9 Å². The van der Waals surface area contributed by atoms with E-state index in [1.165, 1.54) is 0 Å². The molecule has 24 heavy (non-hydrogen) atoms. The number of nitrogens with one attached hydrogen (secondary N) is 2. The first-order valence-corrected chi connectivity index (χ1v) is 8.81. The van der Waals surface area contributed by atoms with Gasteiger partial charge in [-0.15, -0.1) is 0 Å². The zero-order valence-electron chi connectivity index (χ0n) is 14.2. The molecular formula is C18H25N5O. The van der Waals surface area contributed by atoms with Crippen molar-refractivity contribution in [2.75, 3.05) is 31.1 Å². The fourth-order valence-electron chi connectivity index (χ4n) is 3.56. The smallest absolute Gasteiger partial charge is 0.237 e. The SMILES string of the molecule is Cc1nc(N2CCCC(CNC(=O)C3CCCN3)C2)ccc1C#N. The first-order valence-electron chi connectivity index (χ1n) is 8.81. The lowest BCUT2D eigenvalue weighted by molar-refractivity contribution is -0.122. The lowest BCUT2D eigenvalue weighted by Crippen LogP contribution is -2.45. The molecule has 2 fully saturated rings. The number of carbonyl (C=O) groups is 1. The van der Waals surface area contributed by atoms with Crippen LogP contribution in [0.4, 0.5) is 5.82 Å². The van der Waals surface area contributed by atoms with E-state index in [0.717, 1.165) is 63.4 Å². The summed E-state index contributed by atoms with van der Waals surface area (Å²) >= 11 is 0. The highest BCUT2D eigenvalue weighted by Crippen LogP contribution is 2.22. The van der Waals surface area contributed by atoms with Crippen molar-refractivity contribution in [1.29, 1.82) is 5.26 Å². The number of hydrogen-bond donors (Lipinski definition) is 2. The van der Waals surface area contributed by atoms with Gasteiger partial charge < -0.3 is 15.5 Å². The lowest BCUT2D eigenvalue weighted by Gasteiger charge is -2.34. The number of anilines is 1. The van der Waals surface area contributed by atoms with Crippen LogP contribution in [0.25, 0.3) is 0 Å². The Hall–Kier alpha value is -2.13. The number of hydrogen-bond acceptors (Lipinski definition) is 5. The summed E-state index contributed by atoms with van der Waals surface area (Å²) in [5.74, 6) is 1.51. The van der Waals surface area contributed by atoms with Gasteiger partial charge in [0.1, 0.15) is 11.9 Å². The second kappa shape index (κ2) is 7.63. The van der Waals surface area contributed by atoms with Crippen LogP contribution in [-0.2, 0) is 4.79 Å². The maximum absolute atomic E-state index is 12.1. The van der Waals surface area contributed by atoms with E-state index in [4.69, 9.17) is 5.26 Å². The molecule has 2 unspecified atom stereocenters. The summed E-state index contributed by atoms with van der Waals surface area (Å²) in [5, 5.41) is 15.4. The van der Waals surface area contributed by atoms with E-state index in [1.54, 1.807) is 0 Å². The summed E-state index contributed by atoms with van der Waals surface area (Å²) < 4.78 is 0. The van der Waals surface area contributed by atoms with Gasteiger partial charge in [-0.25, -0.2) is 4.98 Å². The average molecular weight is 327 g/mol. The van der Waals surface area contributed by atoms with Crippen LogP contribution in [0.2, 0.25) is 0 Å². The predicted molar refractivity (Wildman–Crippen MR) is 92.7 cm³/mol. The maximum Gasteiger partial charge on any atom is 0.237 e. The van der Waals surface area contributed by atoms with Gasteiger partial charge in [0.15, 0.2) is 0 Å². The van der Waals surface area contributed by atoms with E-state index in [2.05, 4.69) is 26.6 Å². The second-order valence-corrected chi connectivity index (χ2v) is 6.76. The van der Waals surface area contributed by atoms with Crippen molar-refractivity contribution in [2.24, 2.45) is 5.92 Å². The Morgan fingerprint density at radius 1 is 1.46 bits per heavy atom. The Labute approximate surface area is 143 Å². The van der Waals surface area contributed by atoms with Crippen LogP contribution in [0.3, 0.4) is 0 Å². The van der Waals surface area contributed by atoms with Crippen LogP contribution in [0.15, 0.2) is 12.1 Å². The number of amides is 1. The summed E-state index contributed by atoms with van der Waals surface area (Å²) in [6.45, 7) is 5.42. The Morgan fingerprint density at radius 2 is 2.33 bits per heavy atom. The number of aromatic nitrogens is 1. The Morgan fingerprint density at radius 3 is 3.04 bits per heavy atom. The standard InChI is InChI=1S/C18H25N5O/c1-13-15(10-19)6-7-17(22-13)23-9-3-4-14(12-23)11-21-18(24)16-5-2-8-20-16/h6-7,14,16,20H,2-5,8-9,11-12H2,1H3,(H,21,24). The second-order valence-electron chi connectivity index (χ2n) is 6.76. The van der Waals surface area contributed by atoms with Gasteiger partial charge in [-0.1, -0.05) is 0 Å². The quantitative estimate of drug-likeness (QED) is 0.872. The van der Waals surface area contributed by atoms with Crippen LogP contribution in [0, 0.1) is 24.2 Å². The highest BCUT2D eigenvalue weighted by Gasteiger charge is 2.25. The molecule has 2 aliphatic rings. The monoisotopic (exact) mass is 327 g/mol. The van der Waals surface area contributed by atoms with E-state index in [1.807, 2.05) is 19.1 Å². The van der Waals surface area contributed by atoms with Gasteiger partial charge in [-0.3, -0.25) is 4.79 Å². The molecule has 3 heterocycles. The van der Waals surface area contributed by atoms with Crippen molar-refractivity contribution < 1.29 is 4.79 Å². The van der Waals surface area contributed by atoms with Crippen molar-refractivity contribution in [1.82, 2.24) is 15.6 Å². The van der Waals surface area contributed by atoms with Crippen molar-refractivity contribution in [3.05, 3.63) is 23.4 Å². The molecule has 0 aliphatic carbocycles. The van der Waals surface area contributed by atoms with Crippen LogP contribution < -0.4 is 15.5 Å². The van der Waals surface area contributed by atoms with Gasteiger partial charge >= 0.3 is 0 Å². The topological polar surface area (TPSA) is 81.1 Å². The highest BCUT2D eigenvalue weighted by molar-refractivity contribution is 5.82. The molecule has 1 aromatic rings. The molecule has 2 N–H and O–H groups in total. The molecule has 0 aromatic carbocycles. The molecule has 3 rings (SSSR count). The minimum Gasteiger partial charge on any atom is -0.356 e. The Bertz CT molecular complexity index is 633. The van der Waals surface area contributed by atoms with Gasteiger partial charge in [0, 0.05) is 19.6 Å². The summed E-state index contributed by atoms with van der Waals surface area (Å²) in [6, 6.07) is 5.92. The third-order valence-corrected chi connectivity index (χ3v) is 4.98. The number of carbonyl (C=O) groups excluding carboxylic acids is 1. The maximum atomic E-state index is 12.1. The van der Waals surface area contributed by atoms with Crippen molar-refractivity contribution in [2.45, 2.75) is 38.6 Å². The van der Waals surface area contributed by atoms with E-state index < -0.39 is 0 Å². The lowest BCUT2D eigenvalue weighted by atomic mass is 9.97. The van der Waals surface area contributed by atoms with Crippen LogP contribution in [-0.4, -0.2) is 43.1 Å². The number of nitrogens with zero attached hydrogens (tertiary/aromatic N) is 3. The molecule has 2 aliphatic heterocycles. The molecule has 128 valence electrons. The van der Waals surface area contributed by atoms with Crippen molar-refractivity contribution >= 4 is 11.7 Å². The molecule has 6 heteroatoms. The Balaban J connectivity index is 1.55. The summed E-state index contributed by atoms with van der Waals surface area (Å²) in [4.78, 5) is 19.0. The number of pyridine rings is 1. The number of aryl methyl sites for hydroxylation is 1. The molecular weight excluding hydrogens is 302 g/mol. The molecule has 0 bridgehead atoms. The largest absolute Gasteiger partial charge is 0.356 e. The van der Waals surface area contributed by atoms with E-state index in [0.29, 0.717) is 11.5 Å². The summed E-state index contributed by atoms with van der Waals surface area (Å²) in [5.41, 5.74) is 1.40. The third kappa shape index (κ3) is 3.85. The fourth-order valence-corrected chi connectivity index (χ4v) is 3.56. The van der Waals surface area contributed by atoms with Gasteiger partial charge in [-0.05, 0) is 57.2 Å². The molecule has 2 atom stereocenters. The van der Waals surface area contributed by atoms with Crippen molar-refractivity contribution in [3.63, 3.8) is 0 Å². The normalized spacial score (nSPS) is 23.8. The van der Waals surface area contributed by atoms with Gasteiger partial charge in [0.05, 0.1) is 17.3 Å². The van der Waals surface area contributed by atoms with Gasteiger partial charge in [-0.2, -0.15) is 5.26 Å². The molecule has 0 spiro atoms. The zero-order valence-corrected chi connectivity index (χ0v) is 14.2. The minimum atomic E-state index is -0.00691. The number of rotatable bonds is 4. The number of piperidine rings is 1. The molecule has 6 nitrogen and oxygen atoms in total. The number of nitriles is 1. The zero-order chi connectivity index (χ0) is 16.9. The first kappa shape index (κ1) is 16.7. The summed E-state index contributed by atoms with van der Waals surface area (Å²) in [6.07, 6.45) is 4.25. The van der Waals surface area contributed by atoms with Crippen LogP contribution >= 0.6 is 0 Å². The molecule has 0 saturated carbocycles. The summed E-state index contributed by atoms with van der Waals surface area (Å²) in [7, 11) is 0.